The third kappa shape index (κ3) is 3.77. The Bertz CT molecular complexity index is 1550. The number of carbonyl (C=O) groups is 2. The van der Waals surface area contributed by atoms with Crippen molar-refractivity contribution in [3.05, 3.63) is 92.8 Å². The van der Waals surface area contributed by atoms with Crippen LogP contribution in [0.15, 0.2) is 68.7 Å². The van der Waals surface area contributed by atoms with Crippen molar-refractivity contribution in [1.82, 2.24) is 0 Å². The first-order valence-corrected chi connectivity index (χ1v) is 11.4. The first-order chi connectivity index (χ1) is 16.7. The second-order valence-electron chi connectivity index (χ2n) is 8.19. The fraction of sp³-hybridized carbons (Fsp3) is 0.154. The largest absolute Gasteiger partial charge is 0.503 e. The monoisotopic (exact) mass is 511 g/mol. The van der Waals surface area contributed by atoms with Gasteiger partial charge in [-0.2, -0.15) is 0 Å². The Morgan fingerprint density at radius 1 is 1.06 bits per heavy atom. The highest BCUT2D eigenvalue weighted by atomic mass is 35.5. The molecule has 0 saturated carbocycles. The van der Waals surface area contributed by atoms with Crippen molar-refractivity contribution in [3.63, 3.8) is 0 Å². The molecule has 1 aliphatic rings. The molecule has 1 N–H and O–H groups in total. The molecule has 1 unspecified atom stereocenters. The maximum atomic E-state index is 13.7. The summed E-state index contributed by atoms with van der Waals surface area (Å²) in [6, 6.07) is 12.1. The minimum absolute atomic E-state index is 0.0908. The summed E-state index contributed by atoms with van der Waals surface area (Å²) in [5.74, 6) is -0.994. The summed E-state index contributed by atoms with van der Waals surface area (Å²) in [4.78, 5) is 28.3. The molecule has 0 saturated heterocycles. The Morgan fingerprint density at radius 2 is 1.83 bits per heavy atom. The van der Waals surface area contributed by atoms with Crippen molar-refractivity contribution in [2.75, 3.05) is 12.0 Å². The topological polar surface area (TPSA) is 93.1 Å². The molecule has 1 atom stereocenters. The molecule has 0 bridgehead atoms. The summed E-state index contributed by atoms with van der Waals surface area (Å²) in [5, 5.41) is 12.3. The molecule has 0 aliphatic carbocycles. The Morgan fingerprint density at radius 3 is 2.49 bits per heavy atom. The van der Waals surface area contributed by atoms with Gasteiger partial charge in [0.1, 0.15) is 17.6 Å². The molecular formula is C26H19Cl2NO6. The summed E-state index contributed by atoms with van der Waals surface area (Å²) in [5.41, 5.74) is 1.36. The highest BCUT2D eigenvalue weighted by Crippen LogP contribution is 2.44. The van der Waals surface area contributed by atoms with Crippen LogP contribution in [0.5, 0.6) is 5.75 Å². The van der Waals surface area contributed by atoms with Crippen molar-refractivity contribution < 1.29 is 28.3 Å². The molecule has 0 radical (unpaired) electrons. The molecule has 7 nitrogen and oxygen atoms in total. The number of nitrogens with zero attached hydrogens (tertiary/aromatic N) is 1. The smallest absolute Gasteiger partial charge is 0.294 e. The molecule has 35 heavy (non-hydrogen) atoms. The molecule has 3 heterocycles. The number of amides is 1. The van der Waals surface area contributed by atoms with Gasteiger partial charge in [-0.05, 0) is 55.8 Å². The van der Waals surface area contributed by atoms with Crippen molar-refractivity contribution in [2.24, 2.45) is 0 Å². The standard InChI is InChI=1S/C26H19Cl2NO6/c1-12-4-6-16(11-17(12)28)29-22(18-7-5-13(2)34-18)21(24(31)26(29)32)23(30)19-9-14-8-15(27)10-20(33-3)25(14)35-19/h4-11,22,31H,1-3H3. The number of rotatable bonds is 5. The number of aliphatic hydroxyl groups excluding tert-OH is 1. The van der Waals surface area contributed by atoms with Crippen LogP contribution in [0.25, 0.3) is 11.0 Å². The number of aryl methyl sites for hydroxylation is 2. The van der Waals surface area contributed by atoms with E-state index in [2.05, 4.69) is 0 Å². The van der Waals surface area contributed by atoms with Gasteiger partial charge in [0.25, 0.3) is 5.91 Å². The maximum Gasteiger partial charge on any atom is 0.294 e. The van der Waals surface area contributed by atoms with E-state index >= 15 is 0 Å². The third-order valence-electron chi connectivity index (χ3n) is 5.91. The Labute approximate surface area is 210 Å². The number of anilines is 1. The van der Waals surface area contributed by atoms with Gasteiger partial charge in [-0.1, -0.05) is 29.3 Å². The quantitative estimate of drug-likeness (QED) is 0.298. The number of benzene rings is 2. The van der Waals surface area contributed by atoms with E-state index in [4.69, 9.17) is 36.8 Å². The third-order valence-corrected chi connectivity index (χ3v) is 6.53. The number of hydrogen-bond donors (Lipinski definition) is 1. The van der Waals surface area contributed by atoms with Gasteiger partial charge < -0.3 is 18.7 Å². The SMILES string of the molecule is COc1cc(Cl)cc2cc(C(=O)C3=C(O)C(=O)N(c4ccc(C)c(Cl)c4)C3c3ccc(C)o3)oc12. The van der Waals surface area contributed by atoms with Crippen molar-refractivity contribution >= 4 is 51.5 Å². The van der Waals surface area contributed by atoms with Gasteiger partial charge in [-0.3, -0.25) is 14.5 Å². The lowest BCUT2D eigenvalue weighted by Gasteiger charge is -2.25. The molecule has 178 valence electrons. The van der Waals surface area contributed by atoms with Crippen LogP contribution in [0.4, 0.5) is 5.69 Å². The summed E-state index contributed by atoms with van der Waals surface area (Å²) in [6.07, 6.45) is 0. The predicted molar refractivity (Wildman–Crippen MR) is 132 cm³/mol. The maximum absolute atomic E-state index is 13.7. The zero-order chi connectivity index (χ0) is 25.0. The molecule has 9 heteroatoms. The minimum atomic E-state index is -1.04. The van der Waals surface area contributed by atoms with Gasteiger partial charge in [0.05, 0.1) is 12.7 Å². The summed E-state index contributed by atoms with van der Waals surface area (Å²) < 4.78 is 16.9. The number of halogens is 2. The number of fused-ring (bicyclic) bond motifs is 1. The lowest BCUT2D eigenvalue weighted by atomic mass is 9.99. The fourth-order valence-corrected chi connectivity index (χ4v) is 4.58. The van der Waals surface area contributed by atoms with Crippen LogP contribution in [0.1, 0.15) is 33.7 Å². The fourth-order valence-electron chi connectivity index (χ4n) is 4.19. The molecule has 1 aliphatic heterocycles. The second kappa shape index (κ2) is 8.52. The highest BCUT2D eigenvalue weighted by molar-refractivity contribution is 6.32. The molecule has 1 amide bonds. The molecule has 2 aromatic carbocycles. The van der Waals surface area contributed by atoms with E-state index < -0.39 is 23.5 Å². The lowest BCUT2D eigenvalue weighted by Crippen LogP contribution is -2.30. The lowest BCUT2D eigenvalue weighted by molar-refractivity contribution is -0.117. The van der Waals surface area contributed by atoms with Crippen LogP contribution in [-0.4, -0.2) is 23.9 Å². The second-order valence-corrected chi connectivity index (χ2v) is 9.03. The van der Waals surface area contributed by atoms with Gasteiger partial charge in [0.15, 0.2) is 22.9 Å². The number of furan rings is 2. The van der Waals surface area contributed by atoms with Crippen LogP contribution in [0.3, 0.4) is 0 Å². The first-order valence-electron chi connectivity index (χ1n) is 10.6. The highest BCUT2D eigenvalue weighted by Gasteiger charge is 2.47. The van der Waals surface area contributed by atoms with Crippen LogP contribution in [0, 0.1) is 13.8 Å². The van der Waals surface area contributed by atoms with E-state index in [1.54, 1.807) is 49.4 Å². The normalized spacial score (nSPS) is 16.0. The zero-order valence-electron chi connectivity index (χ0n) is 18.9. The number of ketones is 1. The summed E-state index contributed by atoms with van der Waals surface area (Å²) in [6.45, 7) is 3.58. The van der Waals surface area contributed by atoms with Gasteiger partial charge in [0.2, 0.25) is 5.78 Å². The molecule has 4 aromatic rings. The van der Waals surface area contributed by atoms with Crippen LogP contribution in [-0.2, 0) is 4.79 Å². The molecule has 2 aromatic heterocycles. The summed E-state index contributed by atoms with van der Waals surface area (Å²) in [7, 11) is 1.46. The van der Waals surface area contributed by atoms with Crippen LogP contribution >= 0.6 is 23.2 Å². The zero-order valence-corrected chi connectivity index (χ0v) is 20.4. The van der Waals surface area contributed by atoms with Crippen molar-refractivity contribution in [3.8, 4) is 5.75 Å². The Balaban J connectivity index is 1.66. The molecule has 5 rings (SSSR count). The predicted octanol–water partition coefficient (Wildman–Crippen LogP) is 6.74. The molecular weight excluding hydrogens is 493 g/mol. The van der Waals surface area contributed by atoms with Crippen LogP contribution < -0.4 is 9.64 Å². The van der Waals surface area contributed by atoms with Crippen LogP contribution in [0.2, 0.25) is 10.0 Å². The number of aliphatic hydroxyl groups is 1. The summed E-state index contributed by atoms with van der Waals surface area (Å²) >= 11 is 12.5. The minimum Gasteiger partial charge on any atom is -0.503 e. The van der Waals surface area contributed by atoms with E-state index in [0.717, 1.165) is 5.56 Å². The van der Waals surface area contributed by atoms with Crippen molar-refractivity contribution in [2.45, 2.75) is 19.9 Å². The van der Waals surface area contributed by atoms with E-state index in [0.29, 0.717) is 44.0 Å². The number of hydrogen-bond acceptors (Lipinski definition) is 6. The average Bonchev–Trinajstić information content (AvgIpc) is 3.51. The van der Waals surface area contributed by atoms with Gasteiger partial charge in [-0.25, -0.2) is 0 Å². The Hall–Kier alpha value is -3.68. The van der Waals surface area contributed by atoms with E-state index in [-0.39, 0.29) is 11.3 Å². The number of ether oxygens (including phenoxy) is 1. The Kier molecular flexibility index (Phi) is 5.62. The first kappa shape index (κ1) is 23.1. The number of carbonyl (C=O) groups excluding carboxylic acids is 2. The average molecular weight is 512 g/mol. The molecule has 0 spiro atoms. The van der Waals surface area contributed by atoms with E-state index in [1.807, 2.05) is 6.92 Å². The van der Waals surface area contributed by atoms with Crippen molar-refractivity contribution in [1.29, 1.82) is 0 Å². The van der Waals surface area contributed by atoms with Gasteiger partial charge in [-0.15, -0.1) is 0 Å². The number of methoxy groups -OCH3 is 1. The molecule has 0 fully saturated rings. The van der Waals surface area contributed by atoms with E-state index in [9.17, 15) is 14.7 Å². The number of Topliss-reactive ketones (excluding diaryl/α,β-unsaturated/α-hetero) is 1. The van der Waals surface area contributed by atoms with Gasteiger partial charge in [0, 0.05) is 27.2 Å². The van der Waals surface area contributed by atoms with E-state index in [1.165, 1.54) is 18.1 Å². The van der Waals surface area contributed by atoms with Gasteiger partial charge >= 0.3 is 0 Å².